The zero-order valence-electron chi connectivity index (χ0n) is 11.4. The van der Waals surface area contributed by atoms with Crippen LogP contribution in [0.4, 0.5) is 0 Å². The highest BCUT2D eigenvalue weighted by Gasteiger charge is 2.25. The van der Waals surface area contributed by atoms with E-state index in [-0.39, 0.29) is 0 Å². The van der Waals surface area contributed by atoms with E-state index in [2.05, 4.69) is 22.8 Å². The molecular formula is C15H21N3O. The first kappa shape index (κ1) is 14.0. The van der Waals surface area contributed by atoms with Crippen LogP contribution in [0, 0.1) is 11.3 Å². The van der Waals surface area contributed by atoms with Crippen LogP contribution < -0.4 is 0 Å². The summed E-state index contributed by atoms with van der Waals surface area (Å²) in [6, 6.07) is 12.4. The number of nitrogens with zero attached hydrogens (tertiary/aromatic N) is 3. The monoisotopic (exact) mass is 259 g/mol. The Kier molecular flexibility index (Phi) is 4.92. The highest BCUT2D eigenvalue weighted by Crippen LogP contribution is 2.17. The highest BCUT2D eigenvalue weighted by atomic mass is 16.3. The van der Waals surface area contributed by atoms with E-state index in [0.29, 0.717) is 19.1 Å². The summed E-state index contributed by atoms with van der Waals surface area (Å²) in [5.74, 6) is 0. The molecule has 19 heavy (non-hydrogen) atoms. The maximum atomic E-state index is 10.3. The molecule has 0 radical (unpaired) electrons. The van der Waals surface area contributed by atoms with Crippen molar-refractivity contribution < 1.29 is 5.11 Å². The molecule has 1 aromatic carbocycles. The number of aliphatic hydroxyl groups is 1. The van der Waals surface area contributed by atoms with Gasteiger partial charge in [-0.25, -0.2) is 0 Å². The SMILES string of the molecule is C[C@@H]1CN(CC#N)CCN1C[C@H](O)c1ccccc1. The normalized spacial score (nSPS) is 22.9. The molecule has 1 heterocycles. The first-order valence-electron chi connectivity index (χ1n) is 6.77. The predicted molar refractivity (Wildman–Crippen MR) is 74.5 cm³/mol. The Balaban J connectivity index is 1.89. The van der Waals surface area contributed by atoms with Gasteiger partial charge in [0.05, 0.1) is 18.7 Å². The number of rotatable bonds is 4. The Labute approximate surface area is 114 Å². The third kappa shape index (κ3) is 3.77. The van der Waals surface area contributed by atoms with Crippen molar-refractivity contribution in [1.82, 2.24) is 9.80 Å². The van der Waals surface area contributed by atoms with Crippen LogP contribution >= 0.6 is 0 Å². The maximum Gasteiger partial charge on any atom is 0.0917 e. The Morgan fingerprint density at radius 2 is 2.11 bits per heavy atom. The number of benzene rings is 1. The van der Waals surface area contributed by atoms with Crippen molar-refractivity contribution in [3.05, 3.63) is 35.9 Å². The molecule has 0 aliphatic carbocycles. The van der Waals surface area contributed by atoms with E-state index in [1.807, 2.05) is 30.3 Å². The summed E-state index contributed by atoms with van der Waals surface area (Å²) in [7, 11) is 0. The van der Waals surface area contributed by atoms with Crippen LogP contribution in [0.15, 0.2) is 30.3 Å². The number of aliphatic hydroxyl groups excluding tert-OH is 1. The number of nitriles is 1. The first-order valence-corrected chi connectivity index (χ1v) is 6.77. The van der Waals surface area contributed by atoms with E-state index in [4.69, 9.17) is 5.26 Å². The molecule has 1 aliphatic rings. The van der Waals surface area contributed by atoms with Crippen LogP contribution in [-0.2, 0) is 0 Å². The van der Waals surface area contributed by atoms with E-state index in [0.717, 1.165) is 25.2 Å². The van der Waals surface area contributed by atoms with Gasteiger partial charge in [-0.3, -0.25) is 9.80 Å². The van der Waals surface area contributed by atoms with Gasteiger partial charge in [-0.1, -0.05) is 30.3 Å². The summed E-state index contributed by atoms with van der Waals surface area (Å²) in [5.41, 5.74) is 0.967. The van der Waals surface area contributed by atoms with Crippen LogP contribution in [-0.4, -0.2) is 53.7 Å². The zero-order chi connectivity index (χ0) is 13.7. The summed E-state index contributed by atoms with van der Waals surface area (Å²) in [6.07, 6.45) is -0.439. The molecule has 0 saturated carbocycles. The maximum absolute atomic E-state index is 10.3. The minimum Gasteiger partial charge on any atom is -0.387 e. The Morgan fingerprint density at radius 1 is 1.37 bits per heavy atom. The Bertz CT molecular complexity index is 429. The molecule has 1 aromatic rings. The lowest BCUT2D eigenvalue weighted by Gasteiger charge is -2.39. The summed E-state index contributed by atoms with van der Waals surface area (Å²) >= 11 is 0. The van der Waals surface area contributed by atoms with Crippen molar-refractivity contribution in [2.45, 2.75) is 19.1 Å². The molecule has 0 unspecified atom stereocenters. The van der Waals surface area contributed by atoms with Gasteiger partial charge in [-0.2, -0.15) is 5.26 Å². The molecule has 1 N–H and O–H groups in total. The van der Waals surface area contributed by atoms with Crippen molar-refractivity contribution in [2.24, 2.45) is 0 Å². The third-order valence-corrected chi connectivity index (χ3v) is 3.74. The molecule has 1 aliphatic heterocycles. The smallest absolute Gasteiger partial charge is 0.0917 e. The van der Waals surface area contributed by atoms with Crippen LogP contribution in [0.5, 0.6) is 0 Å². The van der Waals surface area contributed by atoms with Gasteiger partial charge < -0.3 is 5.11 Å². The summed E-state index contributed by atoms with van der Waals surface area (Å²) < 4.78 is 0. The molecule has 4 heteroatoms. The van der Waals surface area contributed by atoms with Crippen molar-refractivity contribution in [3.8, 4) is 6.07 Å². The quantitative estimate of drug-likeness (QED) is 0.827. The van der Waals surface area contributed by atoms with Gasteiger partial charge in [-0.15, -0.1) is 0 Å². The van der Waals surface area contributed by atoms with Crippen LogP contribution in [0.2, 0.25) is 0 Å². The van der Waals surface area contributed by atoms with Gasteiger partial charge in [0.25, 0.3) is 0 Å². The second-order valence-electron chi connectivity index (χ2n) is 5.16. The van der Waals surface area contributed by atoms with Gasteiger partial charge in [0.1, 0.15) is 0 Å². The highest BCUT2D eigenvalue weighted by molar-refractivity contribution is 5.17. The fourth-order valence-corrected chi connectivity index (χ4v) is 2.59. The second-order valence-corrected chi connectivity index (χ2v) is 5.16. The lowest BCUT2D eigenvalue weighted by Crippen LogP contribution is -2.52. The minimum absolute atomic E-state index is 0.375. The Morgan fingerprint density at radius 3 is 2.74 bits per heavy atom. The average Bonchev–Trinajstić information content (AvgIpc) is 2.43. The second kappa shape index (κ2) is 6.67. The average molecular weight is 259 g/mol. The van der Waals surface area contributed by atoms with Crippen LogP contribution in [0.1, 0.15) is 18.6 Å². The van der Waals surface area contributed by atoms with E-state index < -0.39 is 6.10 Å². The van der Waals surface area contributed by atoms with Gasteiger partial charge in [0.15, 0.2) is 0 Å². The molecule has 0 aromatic heterocycles. The van der Waals surface area contributed by atoms with E-state index in [1.54, 1.807) is 0 Å². The largest absolute Gasteiger partial charge is 0.387 e. The lowest BCUT2D eigenvalue weighted by atomic mass is 10.1. The van der Waals surface area contributed by atoms with Crippen LogP contribution in [0.3, 0.4) is 0 Å². The van der Waals surface area contributed by atoms with Crippen molar-refractivity contribution >= 4 is 0 Å². The third-order valence-electron chi connectivity index (χ3n) is 3.74. The van der Waals surface area contributed by atoms with Crippen molar-refractivity contribution in [3.63, 3.8) is 0 Å². The molecule has 2 atom stereocenters. The fraction of sp³-hybridized carbons (Fsp3) is 0.533. The van der Waals surface area contributed by atoms with E-state index >= 15 is 0 Å². The number of piperazine rings is 1. The van der Waals surface area contributed by atoms with Gasteiger partial charge in [-0.05, 0) is 12.5 Å². The summed E-state index contributed by atoms with van der Waals surface area (Å²) in [4.78, 5) is 4.46. The zero-order valence-corrected chi connectivity index (χ0v) is 11.4. The predicted octanol–water partition coefficient (Wildman–Crippen LogP) is 1.25. The lowest BCUT2D eigenvalue weighted by molar-refractivity contribution is 0.0433. The standard InChI is InChI=1S/C15H21N3O/c1-13-11-17(8-7-16)9-10-18(13)12-15(19)14-5-3-2-4-6-14/h2-6,13,15,19H,8-12H2,1H3/t13-,15+/m1/s1. The topological polar surface area (TPSA) is 50.5 Å². The Hall–Kier alpha value is -1.41. The molecule has 4 nitrogen and oxygen atoms in total. The molecular weight excluding hydrogens is 238 g/mol. The number of hydrogen-bond donors (Lipinski definition) is 1. The summed E-state index contributed by atoms with van der Waals surface area (Å²) in [6.45, 7) is 6.02. The number of β-amino-alcohol motifs (C(OH)–C–C–N with tert-alkyl or cyclic N) is 1. The minimum atomic E-state index is -0.439. The van der Waals surface area contributed by atoms with Gasteiger partial charge in [0, 0.05) is 32.2 Å². The van der Waals surface area contributed by atoms with Gasteiger partial charge >= 0.3 is 0 Å². The molecule has 1 fully saturated rings. The van der Waals surface area contributed by atoms with E-state index in [9.17, 15) is 5.11 Å². The first-order chi connectivity index (χ1) is 9.20. The molecule has 102 valence electrons. The number of hydrogen-bond acceptors (Lipinski definition) is 4. The van der Waals surface area contributed by atoms with Crippen molar-refractivity contribution in [2.75, 3.05) is 32.7 Å². The van der Waals surface area contributed by atoms with Crippen LogP contribution in [0.25, 0.3) is 0 Å². The molecule has 0 spiro atoms. The fourth-order valence-electron chi connectivity index (χ4n) is 2.59. The van der Waals surface area contributed by atoms with Crippen molar-refractivity contribution in [1.29, 1.82) is 5.26 Å². The molecule has 0 amide bonds. The summed E-state index contributed by atoms with van der Waals surface area (Å²) in [5, 5.41) is 19.0. The molecule has 1 saturated heterocycles. The van der Waals surface area contributed by atoms with Gasteiger partial charge in [0.2, 0.25) is 0 Å². The molecule has 0 bridgehead atoms. The molecule has 2 rings (SSSR count). The van der Waals surface area contributed by atoms with E-state index in [1.165, 1.54) is 0 Å².